The normalized spacial score (nSPS) is 12.6. The van der Waals surface area contributed by atoms with Gasteiger partial charge in [0, 0.05) is 48.2 Å². The minimum Gasteiger partial charge on any atom is -0.504 e. The zero-order valence-corrected chi connectivity index (χ0v) is 25.7. The number of rotatable bonds is 8. The van der Waals surface area contributed by atoms with Gasteiger partial charge in [0.15, 0.2) is 11.5 Å². The van der Waals surface area contributed by atoms with Gasteiger partial charge in [-0.15, -0.1) is 0 Å². The molecule has 0 spiro atoms. The zero-order chi connectivity index (χ0) is 34.6. The van der Waals surface area contributed by atoms with E-state index in [0.29, 0.717) is 41.2 Å². The summed E-state index contributed by atoms with van der Waals surface area (Å²) in [7, 11) is 1.44. The van der Waals surface area contributed by atoms with Crippen LogP contribution in [0.4, 0.5) is 15.9 Å². The number of amides is 1. The summed E-state index contributed by atoms with van der Waals surface area (Å²) >= 11 is 0. The minimum atomic E-state index is -0.701. The lowest BCUT2D eigenvalue weighted by atomic mass is 9.91. The third-order valence-corrected chi connectivity index (χ3v) is 7.65. The summed E-state index contributed by atoms with van der Waals surface area (Å²) in [5.74, 6) is -0.646. The number of nitriles is 2. The fourth-order valence-corrected chi connectivity index (χ4v) is 5.36. The molecule has 1 aromatic heterocycles. The maximum absolute atomic E-state index is 14.8. The molecular weight excluding hydrogens is 619 g/mol. The molecule has 1 fully saturated rings. The SMILES string of the molecule is COc1ccc(-c2cnc(N3CCC(Nc4ccc(/C=C/C(=O)NO)cc4)CC3)c(C#N)c2-c2ccc(C#N)c(F)c2)cc1O.O=CO. The van der Waals surface area contributed by atoms with E-state index < -0.39 is 11.7 Å². The van der Waals surface area contributed by atoms with Gasteiger partial charge in [-0.3, -0.25) is 14.8 Å². The molecule has 3 aromatic carbocycles. The number of carbonyl (C=O) groups excluding carboxylic acids is 1. The smallest absolute Gasteiger partial charge is 0.290 e. The number of hydrogen-bond donors (Lipinski definition) is 5. The van der Waals surface area contributed by atoms with Gasteiger partial charge in [-0.2, -0.15) is 10.5 Å². The van der Waals surface area contributed by atoms with Crippen molar-refractivity contribution in [2.75, 3.05) is 30.4 Å². The average Bonchev–Trinajstić information content (AvgIpc) is 3.11. The summed E-state index contributed by atoms with van der Waals surface area (Å²) in [6.07, 6.45) is 5.97. The van der Waals surface area contributed by atoms with Gasteiger partial charge >= 0.3 is 0 Å². The summed E-state index contributed by atoms with van der Waals surface area (Å²) in [4.78, 5) is 26.3. The topological polar surface area (TPSA) is 192 Å². The van der Waals surface area contributed by atoms with Crippen molar-refractivity contribution >= 4 is 30.0 Å². The Kier molecular flexibility index (Phi) is 11.6. The highest BCUT2D eigenvalue weighted by Crippen LogP contribution is 2.41. The second kappa shape index (κ2) is 16.2. The van der Waals surface area contributed by atoms with Crippen molar-refractivity contribution in [3.05, 3.63) is 95.4 Å². The van der Waals surface area contributed by atoms with E-state index in [-0.39, 0.29) is 35.1 Å². The maximum Gasteiger partial charge on any atom is 0.290 e. The molecule has 0 bridgehead atoms. The lowest BCUT2D eigenvalue weighted by Crippen LogP contribution is -2.40. The van der Waals surface area contributed by atoms with E-state index in [4.69, 9.17) is 24.8 Å². The predicted molar refractivity (Wildman–Crippen MR) is 176 cm³/mol. The number of benzene rings is 3. The second-order valence-electron chi connectivity index (χ2n) is 10.5. The number of piperidine rings is 1. The van der Waals surface area contributed by atoms with Crippen molar-refractivity contribution in [3.63, 3.8) is 0 Å². The Hall–Kier alpha value is -6.44. The third-order valence-electron chi connectivity index (χ3n) is 7.65. The number of phenols is 1. The molecule has 0 aliphatic carbocycles. The minimum absolute atomic E-state index is 0.0932. The number of hydroxylamine groups is 1. The number of phenolic OH excluding ortho intramolecular Hbond substituents is 1. The van der Waals surface area contributed by atoms with Crippen LogP contribution in [0.5, 0.6) is 11.5 Å². The monoisotopic (exact) mass is 650 g/mol. The quantitative estimate of drug-likeness (QED) is 0.0718. The predicted octanol–water partition coefficient (Wildman–Crippen LogP) is 5.31. The number of methoxy groups -OCH3 is 1. The van der Waals surface area contributed by atoms with E-state index in [1.165, 1.54) is 31.4 Å². The molecule has 13 heteroatoms. The Bertz CT molecular complexity index is 1890. The van der Waals surface area contributed by atoms with Gasteiger partial charge in [0.25, 0.3) is 12.4 Å². The molecule has 1 saturated heterocycles. The van der Waals surface area contributed by atoms with Crippen LogP contribution in [0.15, 0.2) is 72.9 Å². The van der Waals surface area contributed by atoms with E-state index >= 15 is 0 Å². The average molecular weight is 651 g/mol. The number of aromatic hydroxyl groups is 1. The lowest BCUT2D eigenvalue weighted by molar-refractivity contribution is -0.124. The number of anilines is 2. The summed E-state index contributed by atoms with van der Waals surface area (Å²) < 4.78 is 20.0. The number of nitrogens with one attached hydrogen (secondary N) is 2. The Balaban J connectivity index is 0.00000167. The molecule has 2 heterocycles. The number of carboxylic acid groups (broad SMARTS) is 1. The number of aromatic nitrogens is 1. The van der Waals surface area contributed by atoms with Gasteiger partial charge in [-0.05, 0) is 72.0 Å². The molecule has 5 rings (SSSR count). The van der Waals surface area contributed by atoms with Crippen molar-refractivity contribution in [2.24, 2.45) is 0 Å². The van der Waals surface area contributed by atoms with Crippen LogP contribution < -0.4 is 20.4 Å². The number of hydrogen-bond acceptors (Lipinski definition) is 10. The number of pyridine rings is 1. The highest BCUT2D eigenvalue weighted by molar-refractivity contribution is 5.91. The van der Waals surface area contributed by atoms with E-state index in [0.717, 1.165) is 24.1 Å². The fraction of sp³-hybridized carbons (Fsp3) is 0.171. The molecular formula is C35H31FN6O6. The number of nitrogens with zero attached hydrogens (tertiary/aromatic N) is 4. The summed E-state index contributed by atoms with van der Waals surface area (Å²) in [5, 5.41) is 49.2. The van der Waals surface area contributed by atoms with Crippen LogP contribution in [-0.2, 0) is 9.59 Å². The first-order chi connectivity index (χ1) is 23.3. The Morgan fingerprint density at radius 1 is 1.06 bits per heavy atom. The van der Waals surface area contributed by atoms with Gasteiger partial charge in [0.1, 0.15) is 29.3 Å². The maximum atomic E-state index is 14.8. The van der Waals surface area contributed by atoms with Crippen molar-refractivity contribution < 1.29 is 34.1 Å². The summed E-state index contributed by atoms with van der Waals surface area (Å²) in [6.45, 7) is 0.973. The summed E-state index contributed by atoms with van der Waals surface area (Å²) in [5.41, 5.74) is 5.37. The van der Waals surface area contributed by atoms with E-state index in [2.05, 4.69) is 11.4 Å². The molecule has 0 saturated carbocycles. The first-order valence-corrected chi connectivity index (χ1v) is 14.6. The van der Waals surface area contributed by atoms with Gasteiger partial charge in [0.05, 0.1) is 12.7 Å². The number of ether oxygens (including phenoxy) is 1. The van der Waals surface area contributed by atoms with Gasteiger partial charge < -0.3 is 25.2 Å². The molecule has 5 N–H and O–H groups in total. The zero-order valence-electron chi connectivity index (χ0n) is 25.7. The molecule has 4 aromatic rings. The largest absolute Gasteiger partial charge is 0.504 e. The molecule has 1 aliphatic heterocycles. The van der Waals surface area contributed by atoms with Crippen molar-refractivity contribution in [1.82, 2.24) is 10.5 Å². The summed E-state index contributed by atoms with van der Waals surface area (Å²) in [6, 6.07) is 20.9. The second-order valence-corrected chi connectivity index (χ2v) is 10.5. The lowest BCUT2D eigenvalue weighted by Gasteiger charge is -2.34. The number of carbonyl (C=O) groups is 2. The highest BCUT2D eigenvalue weighted by atomic mass is 19.1. The van der Waals surface area contributed by atoms with E-state index in [1.54, 1.807) is 36.0 Å². The Morgan fingerprint density at radius 3 is 2.33 bits per heavy atom. The van der Waals surface area contributed by atoms with E-state index in [9.17, 15) is 24.8 Å². The van der Waals surface area contributed by atoms with Crippen LogP contribution in [-0.4, -0.2) is 59.0 Å². The van der Waals surface area contributed by atoms with Gasteiger partial charge in [0.2, 0.25) is 0 Å². The van der Waals surface area contributed by atoms with Crippen molar-refractivity contribution in [3.8, 4) is 45.9 Å². The Morgan fingerprint density at radius 2 is 1.75 bits per heavy atom. The fourth-order valence-electron chi connectivity index (χ4n) is 5.36. The van der Waals surface area contributed by atoms with Gasteiger partial charge in [-0.25, -0.2) is 14.9 Å². The van der Waals surface area contributed by atoms with Crippen LogP contribution in [0.25, 0.3) is 28.3 Å². The van der Waals surface area contributed by atoms with Gasteiger partial charge in [-0.1, -0.05) is 24.3 Å². The molecule has 0 atom stereocenters. The molecule has 0 radical (unpaired) electrons. The molecule has 244 valence electrons. The van der Waals surface area contributed by atoms with Crippen LogP contribution >= 0.6 is 0 Å². The number of halogens is 1. The highest BCUT2D eigenvalue weighted by Gasteiger charge is 2.26. The molecule has 1 amide bonds. The third kappa shape index (κ3) is 8.04. The van der Waals surface area contributed by atoms with Crippen LogP contribution in [0.3, 0.4) is 0 Å². The first-order valence-electron chi connectivity index (χ1n) is 14.6. The van der Waals surface area contributed by atoms with Crippen molar-refractivity contribution in [1.29, 1.82) is 10.5 Å². The van der Waals surface area contributed by atoms with Crippen molar-refractivity contribution in [2.45, 2.75) is 18.9 Å². The van der Waals surface area contributed by atoms with E-state index in [1.807, 2.05) is 35.2 Å². The Labute approximate surface area is 275 Å². The van der Waals surface area contributed by atoms with Crippen LogP contribution in [0.2, 0.25) is 0 Å². The first kappa shape index (κ1) is 34.4. The molecule has 0 unspecified atom stereocenters. The molecule has 48 heavy (non-hydrogen) atoms. The molecule has 1 aliphatic rings. The van der Waals surface area contributed by atoms with Crippen LogP contribution in [0.1, 0.15) is 29.5 Å². The molecule has 12 nitrogen and oxygen atoms in total. The standard InChI is InChI=1S/C34H29FN6O4.CH2O2/c1-45-31-10-7-22(17-30(31)42)28-20-38-34(27(19-37)33(28)23-5-6-24(18-36)29(35)16-23)41-14-12-26(13-15-41)39-25-8-2-21(3-9-25)4-11-32(43)40-44;2-1-3/h2-11,16-17,20,26,39,42,44H,12-15H2,1H3,(H,40,43);1H,(H,2,3)/b11-4+;. The van der Waals surface area contributed by atoms with Crippen LogP contribution in [0, 0.1) is 28.5 Å².